The van der Waals surface area contributed by atoms with E-state index in [2.05, 4.69) is 28.0 Å². The highest BCUT2D eigenvalue weighted by Gasteiger charge is 2.38. The number of carbonyl (C=O) groups excluding carboxylic acids is 1. The summed E-state index contributed by atoms with van der Waals surface area (Å²) in [6.07, 6.45) is 14.0. The van der Waals surface area contributed by atoms with Crippen LogP contribution in [0.25, 0.3) is 10.9 Å². The molecule has 6 rings (SSSR count). The first-order chi connectivity index (χ1) is 15.6. The van der Waals surface area contributed by atoms with Crippen molar-refractivity contribution in [2.75, 3.05) is 4.90 Å². The molecule has 1 aromatic carbocycles. The smallest absolute Gasteiger partial charge is 0.268 e. The minimum absolute atomic E-state index is 0.371. The van der Waals surface area contributed by atoms with Gasteiger partial charge in [-0.2, -0.15) is 5.10 Å². The van der Waals surface area contributed by atoms with Crippen LogP contribution < -0.4 is 10.6 Å². The van der Waals surface area contributed by atoms with Gasteiger partial charge in [0.05, 0.1) is 11.6 Å². The molecule has 7 nitrogen and oxygen atoms in total. The van der Waals surface area contributed by atoms with Gasteiger partial charge in [-0.25, -0.2) is 0 Å². The zero-order valence-corrected chi connectivity index (χ0v) is 18.2. The van der Waals surface area contributed by atoms with Gasteiger partial charge >= 0.3 is 0 Å². The van der Waals surface area contributed by atoms with E-state index in [4.69, 9.17) is 15.6 Å². The van der Waals surface area contributed by atoms with E-state index >= 15 is 0 Å². The topological polar surface area (TPSA) is 86.3 Å². The molecule has 1 aliphatic heterocycles. The molecule has 2 aromatic heterocycles. The minimum Gasteiger partial charge on any atom is -0.471 e. The number of hydrogen-bond donors (Lipinski definition) is 1. The fraction of sp³-hybridized carbons (Fsp3) is 0.400. The largest absolute Gasteiger partial charge is 0.471 e. The number of fused-ring (bicyclic) bond motifs is 1. The number of rotatable bonds is 5. The zero-order chi connectivity index (χ0) is 21.8. The van der Waals surface area contributed by atoms with Crippen molar-refractivity contribution in [3.8, 4) is 0 Å². The molecule has 2 fully saturated rings. The molecule has 1 amide bonds. The summed E-state index contributed by atoms with van der Waals surface area (Å²) in [5.41, 5.74) is 11.3. The van der Waals surface area contributed by atoms with Crippen molar-refractivity contribution in [3.63, 3.8) is 0 Å². The van der Waals surface area contributed by atoms with Crippen molar-refractivity contribution in [1.29, 1.82) is 0 Å². The summed E-state index contributed by atoms with van der Waals surface area (Å²) in [7, 11) is 0. The number of ether oxygens (including phenoxy) is 1. The van der Waals surface area contributed by atoms with Crippen LogP contribution in [0.5, 0.6) is 0 Å². The number of nitrogens with zero attached hydrogens (tertiary/aromatic N) is 4. The van der Waals surface area contributed by atoms with Crippen LogP contribution in [0.3, 0.4) is 0 Å². The molecule has 7 heteroatoms. The lowest BCUT2D eigenvalue weighted by Gasteiger charge is -2.30. The van der Waals surface area contributed by atoms with Crippen molar-refractivity contribution in [1.82, 2.24) is 14.8 Å². The number of nitrogens with two attached hydrogens (primary N) is 1. The number of anilines is 1. The van der Waals surface area contributed by atoms with Crippen LogP contribution in [-0.2, 0) is 9.53 Å². The summed E-state index contributed by atoms with van der Waals surface area (Å²) in [5, 5.41) is 6.01. The second-order valence-electron chi connectivity index (χ2n) is 9.25. The molecule has 0 radical (unpaired) electrons. The normalized spacial score (nSPS) is 21.2. The van der Waals surface area contributed by atoms with Crippen molar-refractivity contribution in [2.24, 2.45) is 5.73 Å². The van der Waals surface area contributed by atoms with Gasteiger partial charge < -0.3 is 10.5 Å². The molecule has 32 heavy (non-hydrogen) atoms. The van der Waals surface area contributed by atoms with Crippen molar-refractivity contribution in [3.05, 3.63) is 65.4 Å². The molecule has 0 spiro atoms. The maximum atomic E-state index is 12.4. The summed E-state index contributed by atoms with van der Waals surface area (Å²) < 4.78 is 8.18. The molecule has 2 N–H and O–H groups in total. The minimum atomic E-state index is -0.497. The quantitative estimate of drug-likeness (QED) is 0.641. The van der Waals surface area contributed by atoms with E-state index < -0.39 is 12.1 Å². The van der Waals surface area contributed by atoms with E-state index in [9.17, 15) is 4.79 Å². The van der Waals surface area contributed by atoms with E-state index in [1.54, 1.807) is 6.20 Å². The Morgan fingerprint density at radius 2 is 1.97 bits per heavy atom. The van der Waals surface area contributed by atoms with Gasteiger partial charge in [0, 0.05) is 35.2 Å². The van der Waals surface area contributed by atoms with E-state index in [-0.39, 0.29) is 0 Å². The molecular weight excluding hydrogens is 402 g/mol. The number of aromatic nitrogens is 3. The van der Waals surface area contributed by atoms with Crippen LogP contribution in [0.4, 0.5) is 5.69 Å². The molecule has 3 aliphatic rings. The molecule has 2 aliphatic carbocycles. The van der Waals surface area contributed by atoms with Gasteiger partial charge in [-0.3, -0.25) is 19.4 Å². The monoisotopic (exact) mass is 429 g/mol. The lowest BCUT2D eigenvalue weighted by molar-refractivity contribution is -0.114. The summed E-state index contributed by atoms with van der Waals surface area (Å²) in [6.45, 7) is 2.00. The molecule has 0 saturated heterocycles. The number of hydrogen-bond acceptors (Lipinski definition) is 5. The van der Waals surface area contributed by atoms with E-state index in [0.29, 0.717) is 17.7 Å². The molecule has 0 bridgehead atoms. The second-order valence-corrected chi connectivity index (χ2v) is 9.25. The average Bonchev–Trinajstić information content (AvgIpc) is 3.18. The van der Waals surface area contributed by atoms with E-state index in [1.165, 1.54) is 37.5 Å². The Hall–Kier alpha value is -3.35. The second kappa shape index (κ2) is 7.36. The lowest BCUT2D eigenvalue weighted by atomic mass is 10.0. The number of benzene rings is 1. The first kappa shape index (κ1) is 19.3. The SMILES string of the molecule is Cc1cnccc1C1OC=C(C(N)=O)N1c1cc2cn(C3CCCC3)nc2cc1C1CC1. The van der Waals surface area contributed by atoms with Crippen LogP contribution >= 0.6 is 0 Å². The fourth-order valence-electron chi connectivity index (χ4n) is 5.16. The Balaban J connectivity index is 1.50. The Kier molecular flexibility index (Phi) is 4.45. The van der Waals surface area contributed by atoms with Gasteiger partial charge in [-0.15, -0.1) is 0 Å². The number of aryl methyl sites for hydroxylation is 1. The predicted octanol–water partition coefficient (Wildman–Crippen LogP) is 4.59. The van der Waals surface area contributed by atoms with Crippen LogP contribution in [-0.4, -0.2) is 20.7 Å². The molecule has 3 aromatic rings. The lowest BCUT2D eigenvalue weighted by Crippen LogP contribution is -2.32. The van der Waals surface area contributed by atoms with Crippen molar-refractivity contribution < 1.29 is 9.53 Å². The summed E-state index contributed by atoms with van der Waals surface area (Å²) in [6, 6.07) is 6.80. The Bertz CT molecular complexity index is 1240. The van der Waals surface area contributed by atoms with Crippen molar-refractivity contribution in [2.45, 2.75) is 63.6 Å². The third kappa shape index (κ3) is 3.15. The summed E-state index contributed by atoms with van der Waals surface area (Å²) in [5.74, 6) is -0.0253. The predicted molar refractivity (Wildman–Crippen MR) is 122 cm³/mol. The molecule has 2 saturated carbocycles. The molecule has 3 heterocycles. The van der Waals surface area contributed by atoms with Gasteiger partial charge in [0.25, 0.3) is 5.91 Å². The number of pyridine rings is 1. The zero-order valence-electron chi connectivity index (χ0n) is 18.2. The van der Waals surface area contributed by atoms with E-state index in [1.807, 2.05) is 24.1 Å². The summed E-state index contributed by atoms with van der Waals surface area (Å²) in [4.78, 5) is 18.6. The van der Waals surface area contributed by atoms with Gasteiger partial charge in [-0.05, 0) is 67.9 Å². The average molecular weight is 430 g/mol. The highest BCUT2D eigenvalue weighted by atomic mass is 16.5. The standard InChI is InChI=1S/C25H27N5O2/c1-15-12-27-9-8-19(15)25-30(23(14-32-25)24(26)31)22-10-17-13-29(18-4-2-3-5-18)28-21(17)11-20(22)16-6-7-16/h8-14,16,18,25H,2-7H2,1H3,(H2,26,31). The Morgan fingerprint density at radius 1 is 1.16 bits per heavy atom. The maximum absolute atomic E-state index is 12.4. The number of amides is 1. The van der Waals surface area contributed by atoms with E-state index in [0.717, 1.165) is 40.6 Å². The summed E-state index contributed by atoms with van der Waals surface area (Å²) >= 11 is 0. The highest BCUT2D eigenvalue weighted by Crippen LogP contribution is 2.49. The molecular formula is C25H27N5O2. The maximum Gasteiger partial charge on any atom is 0.268 e. The number of primary amides is 1. The van der Waals surface area contributed by atoms with Gasteiger partial charge in [-0.1, -0.05) is 12.8 Å². The third-order valence-corrected chi connectivity index (χ3v) is 7.03. The van der Waals surface area contributed by atoms with Gasteiger partial charge in [0.2, 0.25) is 6.23 Å². The van der Waals surface area contributed by atoms with Crippen LogP contribution in [0.15, 0.2) is 48.7 Å². The van der Waals surface area contributed by atoms with Crippen LogP contribution in [0, 0.1) is 6.92 Å². The van der Waals surface area contributed by atoms with Gasteiger partial charge in [0.1, 0.15) is 12.0 Å². The van der Waals surface area contributed by atoms with Crippen LogP contribution in [0.2, 0.25) is 0 Å². The molecule has 1 unspecified atom stereocenters. The highest BCUT2D eigenvalue weighted by molar-refractivity contribution is 5.98. The Morgan fingerprint density at radius 3 is 2.69 bits per heavy atom. The first-order valence-electron chi connectivity index (χ1n) is 11.5. The third-order valence-electron chi connectivity index (χ3n) is 7.03. The van der Waals surface area contributed by atoms with Crippen LogP contribution in [0.1, 0.15) is 73.4 Å². The first-order valence-corrected chi connectivity index (χ1v) is 11.5. The molecule has 164 valence electrons. The van der Waals surface area contributed by atoms with Gasteiger partial charge in [0.15, 0.2) is 0 Å². The van der Waals surface area contributed by atoms with Crippen molar-refractivity contribution >= 4 is 22.5 Å². The fourth-order valence-corrected chi connectivity index (χ4v) is 5.16. The number of carbonyl (C=O) groups is 1. The molecule has 1 atom stereocenters. The Labute approximate surface area is 186 Å².